The van der Waals surface area contributed by atoms with Crippen molar-refractivity contribution in [3.8, 4) is 5.82 Å². The van der Waals surface area contributed by atoms with Gasteiger partial charge in [0.1, 0.15) is 5.69 Å². The first-order valence-electron chi connectivity index (χ1n) is 12.2. The lowest BCUT2D eigenvalue weighted by molar-refractivity contribution is -0.137. The molecule has 214 valence electrons. The first kappa shape index (κ1) is 29.6. The molecule has 0 aliphatic carbocycles. The van der Waals surface area contributed by atoms with Gasteiger partial charge in [-0.3, -0.25) is 19.1 Å². The van der Waals surface area contributed by atoms with Crippen molar-refractivity contribution in [3.05, 3.63) is 66.1 Å². The van der Waals surface area contributed by atoms with Crippen LogP contribution in [0.5, 0.6) is 0 Å². The summed E-state index contributed by atoms with van der Waals surface area (Å²) in [5.74, 6) is -0.776. The van der Waals surface area contributed by atoms with E-state index in [0.29, 0.717) is 11.3 Å². The highest BCUT2D eigenvalue weighted by Gasteiger charge is 2.36. The van der Waals surface area contributed by atoms with E-state index in [2.05, 4.69) is 36.6 Å². The third kappa shape index (κ3) is 5.33. The number of fused-ring (bicyclic) bond motifs is 1. The van der Waals surface area contributed by atoms with E-state index in [1.165, 1.54) is 27.3 Å². The third-order valence-electron chi connectivity index (χ3n) is 6.44. The SMILES string of the molecule is CNC(=O)c1c(Br)c(-n2c(NC(C)C)nc3c(c2=O)C[C@@H](C)N(C(=O)c2ccc(Cl)c(C(F)(F)F)c2)C3)nn1C. The van der Waals surface area contributed by atoms with Gasteiger partial charge >= 0.3 is 6.18 Å². The highest BCUT2D eigenvalue weighted by atomic mass is 79.9. The van der Waals surface area contributed by atoms with Crippen LogP contribution in [-0.4, -0.2) is 55.2 Å². The number of anilines is 1. The molecule has 2 amide bonds. The van der Waals surface area contributed by atoms with Gasteiger partial charge in [0.15, 0.2) is 5.82 Å². The minimum Gasteiger partial charge on any atom is -0.354 e. The van der Waals surface area contributed by atoms with Gasteiger partial charge in [-0.25, -0.2) is 9.55 Å². The van der Waals surface area contributed by atoms with Gasteiger partial charge in [0.05, 0.1) is 27.3 Å². The van der Waals surface area contributed by atoms with Gasteiger partial charge in [-0.2, -0.15) is 18.3 Å². The van der Waals surface area contributed by atoms with Crippen LogP contribution in [-0.2, 0) is 26.2 Å². The summed E-state index contributed by atoms with van der Waals surface area (Å²) in [7, 11) is 3.04. The Hall–Kier alpha value is -3.39. The van der Waals surface area contributed by atoms with E-state index >= 15 is 0 Å². The average molecular weight is 645 g/mol. The Morgan fingerprint density at radius 1 is 1.25 bits per heavy atom. The summed E-state index contributed by atoms with van der Waals surface area (Å²) in [4.78, 5) is 45.7. The molecule has 3 aromatic rings. The number of carbonyl (C=O) groups excluding carboxylic acids is 2. The quantitative estimate of drug-likeness (QED) is 0.431. The summed E-state index contributed by atoms with van der Waals surface area (Å²) < 4.78 is 43.1. The number of nitrogens with zero attached hydrogens (tertiary/aromatic N) is 5. The van der Waals surface area contributed by atoms with Gasteiger partial charge in [0.2, 0.25) is 5.95 Å². The summed E-state index contributed by atoms with van der Waals surface area (Å²) in [6.07, 6.45) is -4.63. The molecule has 15 heteroatoms. The number of hydrogen-bond donors (Lipinski definition) is 2. The Morgan fingerprint density at radius 2 is 1.93 bits per heavy atom. The van der Waals surface area contributed by atoms with Crippen molar-refractivity contribution < 1.29 is 22.8 Å². The van der Waals surface area contributed by atoms with Crippen LogP contribution in [0.4, 0.5) is 19.1 Å². The molecular formula is C25H26BrClF3N7O3. The molecule has 1 atom stereocenters. The number of alkyl halides is 3. The molecule has 0 fully saturated rings. The third-order valence-corrected chi connectivity index (χ3v) is 7.50. The molecule has 1 aliphatic rings. The molecule has 0 unspecified atom stereocenters. The number of nitrogens with one attached hydrogen (secondary N) is 2. The van der Waals surface area contributed by atoms with Crippen molar-refractivity contribution in [3.63, 3.8) is 0 Å². The molecule has 4 rings (SSSR count). The fourth-order valence-electron chi connectivity index (χ4n) is 4.52. The van der Waals surface area contributed by atoms with E-state index in [1.807, 2.05) is 13.8 Å². The Morgan fingerprint density at radius 3 is 2.52 bits per heavy atom. The molecular weight excluding hydrogens is 619 g/mol. The van der Waals surface area contributed by atoms with E-state index in [1.54, 1.807) is 14.0 Å². The lowest BCUT2D eigenvalue weighted by Gasteiger charge is -2.34. The summed E-state index contributed by atoms with van der Waals surface area (Å²) >= 11 is 9.13. The first-order chi connectivity index (χ1) is 18.6. The van der Waals surface area contributed by atoms with Crippen molar-refractivity contribution >= 4 is 45.3 Å². The molecule has 1 aliphatic heterocycles. The molecule has 2 aromatic heterocycles. The molecule has 0 bridgehead atoms. The number of aromatic nitrogens is 4. The van der Waals surface area contributed by atoms with E-state index in [9.17, 15) is 27.6 Å². The van der Waals surface area contributed by atoms with E-state index in [4.69, 9.17) is 11.6 Å². The van der Waals surface area contributed by atoms with Crippen LogP contribution in [0.3, 0.4) is 0 Å². The second-order valence-electron chi connectivity index (χ2n) is 9.67. The van der Waals surface area contributed by atoms with Gasteiger partial charge in [-0.05, 0) is 61.3 Å². The predicted molar refractivity (Wildman–Crippen MR) is 146 cm³/mol. The van der Waals surface area contributed by atoms with Crippen molar-refractivity contribution in [2.24, 2.45) is 7.05 Å². The lowest BCUT2D eigenvalue weighted by atomic mass is 9.98. The minimum absolute atomic E-state index is 0.0986. The normalized spacial score (nSPS) is 15.3. The van der Waals surface area contributed by atoms with E-state index in [-0.39, 0.29) is 46.5 Å². The number of benzene rings is 1. The number of hydrogen-bond acceptors (Lipinski definition) is 6. The molecule has 40 heavy (non-hydrogen) atoms. The summed E-state index contributed by atoms with van der Waals surface area (Å²) in [6, 6.07) is 2.31. The zero-order chi connectivity index (χ0) is 29.7. The molecule has 0 saturated heterocycles. The zero-order valence-electron chi connectivity index (χ0n) is 22.2. The predicted octanol–water partition coefficient (Wildman–Crippen LogP) is 4.17. The largest absolute Gasteiger partial charge is 0.417 e. The zero-order valence-corrected chi connectivity index (χ0v) is 24.5. The molecule has 0 radical (unpaired) electrons. The number of carbonyl (C=O) groups is 2. The average Bonchev–Trinajstić information content (AvgIpc) is 3.16. The summed E-state index contributed by atoms with van der Waals surface area (Å²) in [5, 5.41) is 9.53. The Kier molecular flexibility index (Phi) is 8.05. The topological polar surface area (TPSA) is 114 Å². The fraction of sp³-hybridized carbons (Fsp3) is 0.400. The molecule has 10 nitrogen and oxygen atoms in total. The van der Waals surface area contributed by atoms with Gasteiger partial charge < -0.3 is 15.5 Å². The number of halogens is 5. The van der Waals surface area contributed by atoms with Crippen LogP contribution in [0.2, 0.25) is 5.02 Å². The van der Waals surface area contributed by atoms with Crippen LogP contribution in [0.1, 0.15) is 58.4 Å². The van der Waals surface area contributed by atoms with Crippen LogP contribution in [0, 0.1) is 0 Å². The highest BCUT2D eigenvalue weighted by molar-refractivity contribution is 9.10. The highest BCUT2D eigenvalue weighted by Crippen LogP contribution is 2.36. The smallest absolute Gasteiger partial charge is 0.354 e. The molecule has 0 spiro atoms. The van der Waals surface area contributed by atoms with Gasteiger partial charge in [-0.1, -0.05) is 11.6 Å². The second kappa shape index (κ2) is 10.9. The van der Waals surface area contributed by atoms with Crippen LogP contribution in [0.15, 0.2) is 27.5 Å². The molecule has 1 aromatic carbocycles. The van der Waals surface area contributed by atoms with Crippen LogP contribution in [0.25, 0.3) is 5.82 Å². The van der Waals surface area contributed by atoms with E-state index in [0.717, 1.165) is 12.1 Å². The van der Waals surface area contributed by atoms with Crippen LogP contribution >= 0.6 is 27.5 Å². The maximum atomic E-state index is 13.9. The Labute approximate surface area is 240 Å². The van der Waals surface area contributed by atoms with Crippen molar-refractivity contribution in [2.75, 3.05) is 12.4 Å². The molecule has 3 heterocycles. The monoisotopic (exact) mass is 643 g/mol. The fourth-order valence-corrected chi connectivity index (χ4v) is 5.43. The standard InChI is InChI=1S/C25H26BrClF3N7O3/c1-11(2)32-24-33-17-10-36(22(39)13-6-7-16(27)15(9-13)25(28,29)30)12(3)8-14(17)23(40)37(24)20-18(26)19(21(38)31-4)35(5)34-20/h6-7,9,11-12H,8,10H2,1-5H3,(H,31,38)(H,32,33)/t12-/m1/s1. The number of amides is 2. The summed E-state index contributed by atoms with van der Waals surface area (Å²) in [6.45, 7) is 5.28. The second-order valence-corrected chi connectivity index (χ2v) is 10.9. The van der Waals surface area contributed by atoms with Gasteiger partial charge in [0.25, 0.3) is 17.4 Å². The maximum absolute atomic E-state index is 13.9. The van der Waals surface area contributed by atoms with Crippen LogP contribution < -0.4 is 16.2 Å². The first-order valence-corrected chi connectivity index (χ1v) is 13.4. The van der Waals surface area contributed by atoms with Crippen molar-refractivity contribution in [1.29, 1.82) is 0 Å². The van der Waals surface area contributed by atoms with Gasteiger partial charge in [-0.15, -0.1) is 0 Å². The Balaban J connectivity index is 1.81. The minimum atomic E-state index is -4.73. The number of rotatable bonds is 5. The lowest BCUT2D eigenvalue weighted by Crippen LogP contribution is -2.46. The van der Waals surface area contributed by atoms with Crippen molar-refractivity contribution in [2.45, 2.75) is 52.0 Å². The number of aryl methyl sites for hydroxylation is 1. The Bertz CT molecular complexity index is 1570. The molecule has 2 N–H and O–H groups in total. The molecule has 0 saturated carbocycles. The summed E-state index contributed by atoms with van der Waals surface area (Å²) in [5.41, 5.74) is -0.896. The van der Waals surface area contributed by atoms with E-state index < -0.39 is 40.2 Å². The van der Waals surface area contributed by atoms with Gasteiger partial charge in [0, 0.05) is 37.3 Å². The van der Waals surface area contributed by atoms with Crippen molar-refractivity contribution in [1.82, 2.24) is 29.5 Å². The maximum Gasteiger partial charge on any atom is 0.417 e.